The predicted molar refractivity (Wildman–Crippen MR) is 37.4 cm³/mol. The van der Waals surface area contributed by atoms with Crippen molar-refractivity contribution < 1.29 is 4.98 Å². The Balaban J connectivity index is 2.88. The normalized spacial score (nSPS) is 10.5. The zero-order valence-electron chi connectivity index (χ0n) is 5.68. The van der Waals surface area contributed by atoms with Crippen molar-refractivity contribution in [2.24, 2.45) is 0 Å². The molecule has 0 aliphatic heterocycles. The monoisotopic (exact) mass is 134 g/mol. The number of nitrogens with one attached hydrogen (secondary N) is 2. The summed E-state index contributed by atoms with van der Waals surface area (Å²) in [7, 11) is 0. The van der Waals surface area contributed by atoms with Crippen LogP contribution in [0.3, 0.4) is 0 Å². The summed E-state index contributed by atoms with van der Waals surface area (Å²) in [6, 6.07) is 3.94. The first-order valence-corrected chi connectivity index (χ1v) is 3.19. The standard InChI is InChI=1S/C7H7N3/c1-5-9-6-3-2-4-8-7(6)10-5/h2-4H,1H3,(H,8,9,10)/p+1. The molecule has 2 aromatic rings. The molecule has 0 bridgehead atoms. The first-order valence-electron chi connectivity index (χ1n) is 3.19. The molecule has 0 saturated carbocycles. The van der Waals surface area contributed by atoms with E-state index in [4.69, 9.17) is 0 Å². The Kier molecular flexibility index (Phi) is 0.974. The van der Waals surface area contributed by atoms with Gasteiger partial charge in [-0.3, -0.25) is 0 Å². The van der Waals surface area contributed by atoms with E-state index in [9.17, 15) is 0 Å². The summed E-state index contributed by atoms with van der Waals surface area (Å²) in [6.07, 6.45) is 1.86. The quantitative estimate of drug-likeness (QED) is 0.565. The number of aryl methyl sites for hydroxylation is 1. The number of fused-ring (bicyclic) bond motifs is 1. The molecule has 2 rings (SSSR count). The van der Waals surface area contributed by atoms with Gasteiger partial charge in [-0.25, -0.2) is 4.98 Å². The zero-order chi connectivity index (χ0) is 6.97. The van der Waals surface area contributed by atoms with Crippen molar-refractivity contribution in [1.82, 2.24) is 9.97 Å². The maximum atomic E-state index is 4.20. The van der Waals surface area contributed by atoms with Crippen molar-refractivity contribution in [2.75, 3.05) is 0 Å². The lowest BCUT2D eigenvalue weighted by Crippen LogP contribution is -2.00. The Morgan fingerprint density at radius 3 is 3.30 bits per heavy atom. The lowest BCUT2D eigenvalue weighted by molar-refractivity contribution is -0.347. The Morgan fingerprint density at radius 2 is 2.50 bits per heavy atom. The van der Waals surface area contributed by atoms with Crippen LogP contribution in [0.4, 0.5) is 0 Å². The smallest absolute Gasteiger partial charge is 0.316 e. The van der Waals surface area contributed by atoms with Crippen LogP contribution in [0.15, 0.2) is 18.3 Å². The molecule has 2 N–H and O–H groups in total. The van der Waals surface area contributed by atoms with Crippen LogP contribution in [0, 0.1) is 6.92 Å². The van der Waals surface area contributed by atoms with Gasteiger partial charge in [-0.15, -0.1) is 0 Å². The molecule has 0 aliphatic rings. The number of aromatic amines is 2. The summed E-state index contributed by atoms with van der Waals surface area (Å²) in [5.41, 5.74) is 1.97. The summed E-state index contributed by atoms with van der Waals surface area (Å²) < 4.78 is 0. The van der Waals surface area contributed by atoms with Crippen molar-refractivity contribution in [3.63, 3.8) is 0 Å². The van der Waals surface area contributed by atoms with Gasteiger partial charge in [-0.05, 0) is 17.1 Å². The van der Waals surface area contributed by atoms with Gasteiger partial charge in [0.25, 0.3) is 0 Å². The number of pyridine rings is 1. The number of H-pyrrole nitrogens is 2. The van der Waals surface area contributed by atoms with Gasteiger partial charge < -0.3 is 4.98 Å². The van der Waals surface area contributed by atoms with E-state index >= 15 is 0 Å². The van der Waals surface area contributed by atoms with E-state index in [2.05, 4.69) is 15.0 Å². The molecular formula is C7H8N3+. The molecule has 0 amide bonds. The van der Waals surface area contributed by atoms with Crippen molar-refractivity contribution >= 4 is 11.2 Å². The van der Waals surface area contributed by atoms with Gasteiger partial charge in [0.2, 0.25) is 5.82 Å². The van der Waals surface area contributed by atoms with Crippen LogP contribution >= 0.6 is 0 Å². The molecule has 0 aromatic carbocycles. The molecule has 10 heavy (non-hydrogen) atoms. The fraction of sp³-hybridized carbons (Fsp3) is 0.143. The van der Waals surface area contributed by atoms with Gasteiger partial charge in [-0.2, -0.15) is 0 Å². The van der Waals surface area contributed by atoms with E-state index in [-0.39, 0.29) is 0 Å². The third kappa shape index (κ3) is 0.673. The second-order valence-electron chi connectivity index (χ2n) is 2.25. The maximum Gasteiger partial charge on any atom is 0.346 e. The average Bonchev–Trinajstić information content (AvgIpc) is 2.27. The maximum absolute atomic E-state index is 4.20. The number of hydrogen-bond donors (Lipinski definition) is 1. The summed E-state index contributed by atoms with van der Waals surface area (Å²) in [5.74, 6) is 0.942. The molecule has 3 heteroatoms. The topological polar surface area (TPSA) is 42.8 Å². The van der Waals surface area contributed by atoms with E-state index in [1.54, 1.807) is 0 Å². The van der Waals surface area contributed by atoms with Crippen molar-refractivity contribution in [3.05, 3.63) is 24.2 Å². The third-order valence-electron chi connectivity index (χ3n) is 1.43. The SMILES string of the molecule is Cc1nc2[nH+]cccc2[nH]1. The molecule has 3 nitrogen and oxygen atoms in total. The Hall–Kier alpha value is -1.38. The van der Waals surface area contributed by atoms with Crippen molar-refractivity contribution in [2.45, 2.75) is 6.92 Å². The van der Waals surface area contributed by atoms with E-state index in [0.717, 1.165) is 17.0 Å². The molecule has 0 fully saturated rings. The third-order valence-corrected chi connectivity index (χ3v) is 1.43. The molecular weight excluding hydrogens is 126 g/mol. The highest BCUT2D eigenvalue weighted by Crippen LogP contribution is 2.02. The van der Waals surface area contributed by atoms with Gasteiger partial charge >= 0.3 is 5.65 Å². The number of aromatic nitrogens is 3. The van der Waals surface area contributed by atoms with Crippen LogP contribution in [0.25, 0.3) is 11.2 Å². The van der Waals surface area contributed by atoms with Crippen molar-refractivity contribution in [3.8, 4) is 0 Å². The van der Waals surface area contributed by atoms with E-state index in [0.29, 0.717) is 0 Å². The van der Waals surface area contributed by atoms with Gasteiger partial charge in [0, 0.05) is 6.92 Å². The Morgan fingerprint density at radius 1 is 1.60 bits per heavy atom. The van der Waals surface area contributed by atoms with E-state index < -0.39 is 0 Å². The number of imidazole rings is 1. The Bertz CT molecular complexity index is 317. The lowest BCUT2D eigenvalue weighted by Gasteiger charge is -1.75. The van der Waals surface area contributed by atoms with Gasteiger partial charge in [-0.1, -0.05) is 0 Å². The minimum atomic E-state index is 0.917. The minimum Gasteiger partial charge on any atom is -0.316 e. The first-order chi connectivity index (χ1) is 4.86. The lowest BCUT2D eigenvalue weighted by atomic mass is 10.4. The first kappa shape index (κ1) is 5.41. The fourth-order valence-electron chi connectivity index (χ4n) is 1.01. The molecule has 0 unspecified atom stereocenters. The van der Waals surface area contributed by atoms with Crippen LogP contribution in [-0.2, 0) is 0 Å². The number of nitrogens with zero attached hydrogens (tertiary/aromatic N) is 1. The second-order valence-corrected chi connectivity index (χ2v) is 2.25. The van der Waals surface area contributed by atoms with Crippen LogP contribution in [0.2, 0.25) is 0 Å². The van der Waals surface area contributed by atoms with E-state index in [1.807, 2.05) is 25.3 Å². The number of hydrogen-bond acceptors (Lipinski definition) is 1. The number of rotatable bonds is 0. The summed E-state index contributed by atoms with van der Waals surface area (Å²) in [6.45, 7) is 1.94. The summed E-state index contributed by atoms with van der Waals surface area (Å²) >= 11 is 0. The van der Waals surface area contributed by atoms with Gasteiger partial charge in [0.1, 0.15) is 5.52 Å². The highest BCUT2D eigenvalue weighted by atomic mass is 15.0. The predicted octanol–water partition coefficient (Wildman–Crippen LogP) is 0.685. The zero-order valence-corrected chi connectivity index (χ0v) is 5.68. The fourth-order valence-corrected chi connectivity index (χ4v) is 1.01. The molecule has 50 valence electrons. The highest BCUT2D eigenvalue weighted by Gasteiger charge is 2.04. The second kappa shape index (κ2) is 1.80. The minimum absolute atomic E-state index is 0.917. The molecule has 0 radical (unpaired) electrons. The summed E-state index contributed by atoms with van der Waals surface area (Å²) in [4.78, 5) is 10.3. The van der Waals surface area contributed by atoms with Gasteiger partial charge in [0.15, 0.2) is 0 Å². The van der Waals surface area contributed by atoms with Crippen molar-refractivity contribution in [1.29, 1.82) is 0 Å². The molecule has 2 heterocycles. The van der Waals surface area contributed by atoms with Crippen LogP contribution in [0.1, 0.15) is 5.82 Å². The molecule has 0 saturated heterocycles. The van der Waals surface area contributed by atoms with E-state index in [1.165, 1.54) is 0 Å². The highest BCUT2D eigenvalue weighted by molar-refractivity contribution is 5.66. The molecule has 0 aliphatic carbocycles. The van der Waals surface area contributed by atoms with Gasteiger partial charge in [0.05, 0.1) is 6.20 Å². The van der Waals surface area contributed by atoms with Crippen LogP contribution in [0.5, 0.6) is 0 Å². The molecule has 2 aromatic heterocycles. The molecule has 0 atom stereocenters. The summed E-state index contributed by atoms with van der Waals surface area (Å²) in [5, 5.41) is 0. The Labute approximate surface area is 58.1 Å². The van der Waals surface area contributed by atoms with Crippen LogP contribution in [-0.4, -0.2) is 9.97 Å². The average molecular weight is 134 g/mol. The largest absolute Gasteiger partial charge is 0.346 e. The molecule has 0 spiro atoms. The van der Waals surface area contributed by atoms with Crippen LogP contribution < -0.4 is 4.98 Å².